The second-order valence-electron chi connectivity index (χ2n) is 7.40. The maximum atomic E-state index is 12.5. The normalized spacial score (nSPS) is 10.9. The predicted octanol–water partition coefficient (Wildman–Crippen LogP) is 5.46. The van der Waals surface area contributed by atoms with E-state index in [4.69, 9.17) is 0 Å². The molecule has 0 radical (unpaired) electrons. The van der Waals surface area contributed by atoms with Crippen LogP contribution in [0, 0.1) is 17.0 Å². The zero-order chi connectivity index (χ0) is 23.4. The number of aryl methyl sites for hydroxylation is 1. The van der Waals surface area contributed by atoms with Crippen molar-refractivity contribution in [3.8, 4) is 5.75 Å². The van der Waals surface area contributed by atoms with Gasteiger partial charge in [0, 0.05) is 22.9 Å². The van der Waals surface area contributed by atoms with Crippen LogP contribution in [0.4, 0.5) is 17.1 Å². The molecule has 4 aromatic rings. The number of nitro groups is 1. The van der Waals surface area contributed by atoms with Crippen LogP contribution in [0.25, 0.3) is 10.8 Å². The van der Waals surface area contributed by atoms with Gasteiger partial charge in [-0.25, -0.2) is 0 Å². The van der Waals surface area contributed by atoms with E-state index in [1.807, 2.05) is 43.3 Å². The molecule has 0 heterocycles. The van der Waals surface area contributed by atoms with Crippen molar-refractivity contribution in [1.82, 2.24) is 0 Å². The number of phenolic OH excluding ortho intramolecular Hbond substituents is 1. The topological polar surface area (TPSA) is 117 Å². The van der Waals surface area contributed by atoms with Gasteiger partial charge in [0.25, 0.3) is 11.6 Å². The van der Waals surface area contributed by atoms with Gasteiger partial charge in [-0.2, -0.15) is 5.10 Å². The fourth-order valence-electron chi connectivity index (χ4n) is 3.34. The Morgan fingerprint density at radius 2 is 1.79 bits per heavy atom. The lowest BCUT2D eigenvalue weighted by atomic mass is 10.0. The van der Waals surface area contributed by atoms with Gasteiger partial charge in [0.05, 0.1) is 11.1 Å². The maximum absolute atomic E-state index is 12.5. The Balaban J connectivity index is 1.56. The molecule has 0 saturated heterocycles. The van der Waals surface area contributed by atoms with Crippen LogP contribution in [0.5, 0.6) is 5.75 Å². The van der Waals surface area contributed by atoms with E-state index in [-0.39, 0.29) is 22.7 Å². The number of rotatable bonds is 6. The average molecular weight is 440 g/mol. The molecule has 0 bridgehead atoms. The summed E-state index contributed by atoms with van der Waals surface area (Å²) < 4.78 is 0. The zero-order valence-corrected chi connectivity index (χ0v) is 17.6. The molecular formula is C25H20N4O4. The molecule has 0 spiro atoms. The highest BCUT2D eigenvalue weighted by Gasteiger charge is 2.18. The molecule has 4 rings (SSSR count). The van der Waals surface area contributed by atoms with E-state index >= 15 is 0 Å². The number of anilines is 2. The summed E-state index contributed by atoms with van der Waals surface area (Å²) >= 11 is 0. The third-order valence-corrected chi connectivity index (χ3v) is 5.09. The SMILES string of the molecule is Cc1ccc(NC(=O)c2ccc(N/N=C\c3c(O)ccc4ccccc34)c([N+](=O)[O-])c2)cc1. The maximum Gasteiger partial charge on any atom is 0.294 e. The third-order valence-electron chi connectivity index (χ3n) is 5.09. The average Bonchev–Trinajstić information content (AvgIpc) is 2.82. The third kappa shape index (κ3) is 4.80. The Labute approximate surface area is 189 Å². The van der Waals surface area contributed by atoms with Gasteiger partial charge in [0.1, 0.15) is 11.4 Å². The fraction of sp³-hybridized carbons (Fsp3) is 0.0400. The van der Waals surface area contributed by atoms with Crippen molar-refractivity contribution in [2.75, 3.05) is 10.7 Å². The number of carbonyl (C=O) groups excluding carboxylic acids is 1. The number of carbonyl (C=O) groups is 1. The summed E-state index contributed by atoms with van der Waals surface area (Å²) in [6.45, 7) is 1.94. The van der Waals surface area contributed by atoms with Crippen LogP contribution < -0.4 is 10.7 Å². The first-order chi connectivity index (χ1) is 15.9. The summed E-state index contributed by atoms with van der Waals surface area (Å²) in [5, 5.41) is 30.3. The number of hydrogen-bond acceptors (Lipinski definition) is 6. The van der Waals surface area contributed by atoms with Gasteiger partial charge in [-0.15, -0.1) is 0 Å². The van der Waals surface area contributed by atoms with E-state index in [9.17, 15) is 20.0 Å². The van der Waals surface area contributed by atoms with Crippen molar-refractivity contribution in [3.05, 3.63) is 106 Å². The summed E-state index contributed by atoms with van der Waals surface area (Å²) in [6.07, 6.45) is 1.40. The van der Waals surface area contributed by atoms with E-state index < -0.39 is 10.8 Å². The molecule has 164 valence electrons. The molecule has 0 saturated carbocycles. The van der Waals surface area contributed by atoms with Crippen molar-refractivity contribution >= 4 is 40.0 Å². The highest BCUT2D eigenvalue weighted by molar-refractivity contribution is 6.05. The standard InChI is InChI=1S/C25H20N4O4/c1-16-6-10-19(11-7-16)27-25(31)18-8-12-22(23(14-18)29(32)33)28-26-15-21-20-5-3-2-4-17(20)9-13-24(21)30/h2-15,28,30H,1H3,(H,27,31)/b26-15-. The minimum Gasteiger partial charge on any atom is -0.507 e. The van der Waals surface area contributed by atoms with Crippen molar-refractivity contribution in [2.24, 2.45) is 5.10 Å². The first kappa shape index (κ1) is 21.5. The lowest BCUT2D eigenvalue weighted by Crippen LogP contribution is -2.12. The molecule has 8 heteroatoms. The molecule has 4 aromatic carbocycles. The van der Waals surface area contributed by atoms with Crippen LogP contribution in [0.15, 0.2) is 84.0 Å². The van der Waals surface area contributed by atoms with E-state index in [1.165, 1.54) is 24.4 Å². The number of nitrogens with one attached hydrogen (secondary N) is 2. The van der Waals surface area contributed by atoms with Gasteiger partial charge < -0.3 is 10.4 Å². The summed E-state index contributed by atoms with van der Waals surface area (Å²) in [4.78, 5) is 23.5. The minimum atomic E-state index is -0.587. The fourth-order valence-corrected chi connectivity index (χ4v) is 3.34. The molecule has 0 aromatic heterocycles. The number of aromatic hydroxyl groups is 1. The molecule has 0 atom stereocenters. The Kier molecular flexibility index (Phi) is 5.99. The van der Waals surface area contributed by atoms with Crippen LogP contribution in [0.1, 0.15) is 21.5 Å². The Hall–Kier alpha value is -4.72. The van der Waals surface area contributed by atoms with Gasteiger partial charge in [0.15, 0.2) is 0 Å². The minimum absolute atomic E-state index is 0.0388. The van der Waals surface area contributed by atoms with Crippen molar-refractivity contribution in [1.29, 1.82) is 0 Å². The predicted molar refractivity (Wildman–Crippen MR) is 129 cm³/mol. The van der Waals surface area contributed by atoms with Gasteiger partial charge in [-0.1, -0.05) is 48.0 Å². The molecule has 0 aliphatic rings. The van der Waals surface area contributed by atoms with E-state index in [0.29, 0.717) is 11.3 Å². The van der Waals surface area contributed by atoms with Crippen LogP contribution in [-0.4, -0.2) is 22.2 Å². The Morgan fingerprint density at radius 3 is 2.55 bits per heavy atom. The second kappa shape index (κ2) is 9.19. The number of hydrogen-bond donors (Lipinski definition) is 3. The summed E-state index contributed by atoms with van der Waals surface area (Å²) in [5.74, 6) is -0.422. The summed E-state index contributed by atoms with van der Waals surface area (Å²) in [7, 11) is 0. The van der Waals surface area contributed by atoms with Crippen molar-refractivity contribution in [3.63, 3.8) is 0 Å². The van der Waals surface area contributed by atoms with Crippen molar-refractivity contribution < 1.29 is 14.8 Å². The molecule has 0 aliphatic carbocycles. The van der Waals surface area contributed by atoms with Crippen LogP contribution in [0.2, 0.25) is 0 Å². The monoisotopic (exact) mass is 440 g/mol. The van der Waals surface area contributed by atoms with Gasteiger partial charge in [-0.05, 0) is 48.0 Å². The van der Waals surface area contributed by atoms with Crippen LogP contribution in [-0.2, 0) is 0 Å². The lowest BCUT2D eigenvalue weighted by molar-refractivity contribution is -0.384. The van der Waals surface area contributed by atoms with Gasteiger partial charge in [-0.3, -0.25) is 20.3 Å². The number of hydrazone groups is 1. The van der Waals surface area contributed by atoms with Crippen LogP contribution in [0.3, 0.4) is 0 Å². The highest BCUT2D eigenvalue weighted by Crippen LogP contribution is 2.28. The van der Waals surface area contributed by atoms with Gasteiger partial charge in [0.2, 0.25) is 0 Å². The van der Waals surface area contributed by atoms with E-state index in [0.717, 1.165) is 16.3 Å². The van der Waals surface area contributed by atoms with E-state index in [1.54, 1.807) is 24.3 Å². The largest absolute Gasteiger partial charge is 0.507 e. The molecule has 0 aliphatic heterocycles. The number of fused-ring (bicyclic) bond motifs is 1. The molecule has 33 heavy (non-hydrogen) atoms. The first-order valence-corrected chi connectivity index (χ1v) is 10.1. The molecular weight excluding hydrogens is 420 g/mol. The zero-order valence-electron chi connectivity index (χ0n) is 17.6. The second-order valence-corrected chi connectivity index (χ2v) is 7.40. The number of phenols is 1. The van der Waals surface area contributed by atoms with Crippen LogP contribution >= 0.6 is 0 Å². The summed E-state index contributed by atoms with van der Waals surface area (Å²) in [6, 6.07) is 22.2. The van der Waals surface area contributed by atoms with Gasteiger partial charge >= 0.3 is 0 Å². The molecule has 3 N–H and O–H groups in total. The quantitative estimate of drug-likeness (QED) is 0.209. The Morgan fingerprint density at radius 1 is 1.03 bits per heavy atom. The number of nitrogens with zero attached hydrogens (tertiary/aromatic N) is 2. The molecule has 0 fully saturated rings. The highest BCUT2D eigenvalue weighted by atomic mass is 16.6. The van der Waals surface area contributed by atoms with Crippen molar-refractivity contribution in [2.45, 2.75) is 6.92 Å². The Bertz CT molecular complexity index is 1380. The van der Waals surface area contributed by atoms with E-state index in [2.05, 4.69) is 15.8 Å². The number of nitro benzene ring substituents is 1. The molecule has 8 nitrogen and oxygen atoms in total. The number of benzene rings is 4. The lowest BCUT2D eigenvalue weighted by Gasteiger charge is -2.08. The first-order valence-electron chi connectivity index (χ1n) is 10.1. The molecule has 1 amide bonds. The number of amides is 1. The summed E-state index contributed by atoms with van der Waals surface area (Å²) in [5.41, 5.74) is 4.73. The smallest absolute Gasteiger partial charge is 0.294 e. The molecule has 0 unspecified atom stereocenters.